The number of aromatic nitrogens is 3. The molecule has 0 fully saturated rings. The zero-order valence-electron chi connectivity index (χ0n) is 10.1. The van der Waals surface area contributed by atoms with Crippen LogP contribution in [-0.2, 0) is 0 Å². The van der Waals surface area contributed by atoms with E-state index in [-0.39, 0.29) is 11.6 Å². The molecule has 0 spiro atoms. The first kappa shape index (κ1) is 12.7. The van der Waals surface area contributed by atoms with Gasteiger partial charge >= 0.3 is 0 Å². The van der Waals surface area contributed by atoms with Crippen molar-refractivity contribution in [1.29, 1.82) is 0 Å². The maximum Gasteiger partial charge on any atom is 0.272 e. The van der Waals surface area contributed by atoms with Crippen LogP contribution in [0.25, 0.3) is 10.2 Å². The molecule has 7 heteroatoms. The lowest BCUT2D eigenvalue weighted by atomic mass is 10.2. The van der Waals surface area contributed by atoms with Crippen LogP contribution in [-0.4, -0.2) is 14.5 Å². The summed E-state index contributed by atoms with van der Waals surface area (Å²) < 4.78 is 2.81. The van der Waals surface area contributed by atoms with E-state index in [1.54, 1.807) is 22.1 Å². The van der Waals surface area contributed by atoms with Gasteiger partial charge in [-0.3, -0.25) is 9.36 Å². The molecule has 0 saturated carbocycles. The molecule has 19 heavy (non-hydrogen) atoms. The Morgan fingerprint density at radius 3 is 3.00 bits per heavy atom. The van der Waals surface area contributed by atoms with E-state index in [0.29, 0.717) is 9.47 Å². The number of fused-ring (bicyclic) bond motifs is 1. The largest absolute Gasteiger partial charge is 0.331 e. The standard InChI is InChI=1S/C12H11N3OS3/c1-2-8(10-13-4-6-19-10)15-11(16)9-7(3-5-18-9)14-12(15)17/h3-6,8H,2H2,1H3,(H,14,17). The molecular weight excluding hydrogens is 298 g/mol. The summed E-state index contributed by atoms with van der Waals surface area (Å²) in [6, 6.07) is 1.79. The highest BCUT2D eigenvalue weighted by atomic mass is 32.1. The molecule has 3 aromatic heterocycles. The van der Waals surface area contributed by atoms with Crippen LogP contribution >= 0.6 is 34.9 Å². The van der Waals surface area contributed by atoms with Crippen molar-refractivity contribution in [3.63, 3.8) is 0 Å². The third-order valence-corrected chi connectivity index (χ3v) is 5.05. The van der Waals surface area contributed by atoms with Crippen molar-refractivity contribution in [2.75, 3.05) is 0 Å². The lowest BCUT2D eigenvalue weighted by Crippen LogP contribution is -2.26. The van der Waals surface area contributed by atoms with Gasteiger partial charge in [-0.25, -0.2) is 4.98 Å². The highest BCUT2D eigenvalue weighted by Gasteiger charge is 2.18. The smallest absolute Gasteiger partial charge is 0.272 e. The van der Waals surface area contributed by atoms with Crippen LogP contribution in [0.4, 0.5) is 0 Å². The fraction of sp³-hybridized carbons (Fsp3) is 0.250. The van der Waals surface area contributed by atoms with Gasteiger partial charge in [-0.2, -0.15) is 0 Å². The minimum absolute atomic E-state index is 0.0317. The molecule has 3 aromatic rings. The van der Waals surface area contributed by atoms with Crippen LogP contribution < -0.4 is 5.56 Å². The zero-order chi connectivity index (χ0) is 13.4. The summed E-state index contributed by atoms with van der Waals surface area (Å²) in [4.78, 5) is 20.0. The second-order valence-corrected chi connectivity index (χ2v) is 6.29. The van der Waals surface area contributed by atoms with Crippen molar-refractivity contribution < 1.29 is 0 Å². The van der Waals surface area contributed by atoms with E-state index in [2.05, 4.69) is 9.97 Å². The van der Waals surface area contributed by atoms with E-state index in [4.69, 9.17) is 12.2 Å². The van der Waals surface area contributed by atoms with Gasteiger partial charge in [0.15, 0.2) is 4.77 Å². The quantitative estimate of drug-likeness (QED) is 0.752. The fourth-order valence-corrected chi connectivity index (χ4v) is 4.02. The number of H-pyrrole nitrogens is 1. The SMILES string of the molecule is CCC(c1nccs1)n1c(=S)[nH]c2ccsc2c1=O. The summed E-state index contributed by atoms with van der Waals surface area (Å²) in [6.45, 7) is 2.03. The van der Waals surface area contributed by atoms with E-state index in [9.17, 15) is 4.79 Å². The molecule has 0 saturated heterocycles. The molecule has 0 bridgehead atoms. The lowest BCUT2D eigenvalue weighted by Gasteiger charge is -2.15. The van der Waals surface area contributed by atoms with Crippen LogP contribution in [0.5, 0.6) is 0 Å². The first-order valence-corrected chi connectivity index (χ1v) is 8.00. The van der Waals surface area contributed by atoms with Crippen LogP contribution in [0.1, 0.15) is 24.4 Å². The van der Waals surface area contributed by atoms with E-state index >= 15 is 0 Å². The monoisotopic (exact) mass is 309 g/mol. The first-order chi connectivity index (χ1) is 9.22. The number of nitrogens with one attached hydrogen (secondary N) is 1. The van der Waals surface area contributed by atoms with Gasteiger partial charge in [0.1, 0.15) is 9.71 Å². The van der Waals surface area contributed by atoms with Gasteiger partial charge in [-0.05, 0) is 30.1 Å². The van der Waals surface area contributed by atoms with E-state index < -0.39 is 0 Å². The molecule has 3 heterocycles. The fourth-order valence-electron chi connectivity index (χ4n) is 2.10. The van der Waals surface area contributed by atoms with E-state index in [1.165, 1.54) is 11.3 Å². The average molecular weight is 309 g/mol. The van der Waals surface area contributed by atoms with Gasteiger partial charge < -0.3 is 4.98 Å². The maximum absolute atomic E-state index is 12.6. The number of thiophene rings is 1. The third-order valence-electron chi connectivity index (χ3n) is 2.97. The Morgan fingerprint density at radius 1 is 1.47 bits per heavy atom. The Balaban J connectivity index is 2.29. The van der Waals surface area contributed by atoms with Crippen molar-refractivity contribution in [2.45, 2.75) is 19.4 Å². The topological polar surface area (TPSA) is 50.7 Å². The van der Waals surface area contributed by atoms with Gasteiger partial charge in [0.25, 0.3) is 5.56 Å². The van der Waals surface area contributed by atoms with Gasteiger partial charge in [-0.15, -0.1) is 22.7 Å². The molecule has 3 rings (SSSR count). The van der Waals surface area contributed by atoms with Crippen LogP contribution in [0, 0.1) is 4.77 Å². The van der Waals surface area contributed by atoms with Gasteiger partial charge in [0.2, 0.25) is 0 Å². The zero-order valence-corrected chi connectivity index (χ0v) is 12.6. The Kier molecular flexibility index (Phi) is 3.34. The Bertz CT molecular complexity index is 813. The van der Waals surface area contributed by atoms with Gasteiger partial charge in [0, 0.05) is 11.6 Å². The molecule has 1 unspecified atom stereocenters. The van der Waals surface area contributed by atoms with Crippen LogP contribution in [0.2, 0.25) is 0 Å². The molecule has 1 atom stereocenters. The molecule has 0 aromatic carbocycles. The Morgan fingerprint density at radius 2 is 2.32 bits per heavy atom. The van der Waals surface area contributed by atoms with Crippen molar-refractivity contribution >= 4 is 45.1 Å². The average Bonchev–Trinajstić information content (AvgIpc) is 3.04. The molecule has 0 aliphatic heterocycles. The van der Waals surface area contributed by atoms with Crippen molar-refractivity contribution in [3.8, 4) is 0 Å². The van der Waals surface area contributed by atoms with Crippen molar-refractivity contribution in [3.05, 3.63) is 43.2 Å². The molecule has 1 N–H and O–H groups in total. The number of hydrogen-bond acceptors (Lipinski definition) is 5. The predicted molar refractivity (Wildman–Crippen MR) is 81.8 cm³/mol. The van der Waals surface area contributed by atoms with Crippen LogP contribution in [0.3, 0.4) is 0 Å². The molecule has 0 aliphatic carbocycles. The first-order valence-electron chi connectivity index (χ1n) is 5.83. The summed E-state index contributed by atoms with van der Waals surface area (Å²) in [5.41, 5.74) is 0.779. The highest BCUT2D eigenvalue weighted by molar-refractivity contribution is 7.71. The molecule has 0 radical (unpaired) electrons. The maximum atomic E-state index is 12.6. The molecule has 98 valence electrons. The Labute approximate surface area is 122 Å². The number of nitrogens with zero attached hydrogens (tertiary/aromatic N) is 2. The molecule has 4 nitrogen and oxygen atoms in total. The highest BCUT2D eigenvalue weighted by Crippen LogP contribution is 2.24. The number of rotatable bonds is 3. The van der Waals surface area contributed by atoms with Crippen molar-refractivity contribution in [1.82, 2.24) is 14.5 Å². The summed E-state index contributed by atoms with van der Waals surface area (Å²) >= 11 is 8.32. The predicted octanol–water partition coefficient (Wildman–Crippen LogP) is 3.58. The number of aromatic amines is 1. The molecule has 0 amide bonds. The normalized spacial score (nSPS) is 12.9. The summed E-state index contributed by atoms with van der Waals surface area (Å²) in [5.74, 6) is 0. The lowest BCUT2D eigenvalue weighted by molar-refractivity contribution is 0.535. The molecule has 0 aliphatic rings. The van der Waals surface area contributed by atoms with Gasteiger partial charge in [-0.1, -0.05) is 6.92 Å². The third kappa shape index (κ3) is 2.07. The number of thiazole rings is 1. The van der Waals surface area contributed by atoms with E-state index in [1.807, 2.05) is 23.8 Å². The van der Waals surface area contributed by atoms with E-state index in [0.717, 1.165) is 16.9 Å². The van der Waals surface area contributed by atoms with Crippen LogP contribution in [0.15, 0.2) is 27.8 Å². The number of hydrogen-bond donors (Lipinski definition) is 1. The second kappa shape index (κ2) is 4.99. The Hall–Kier alpha value is -1.31. The van der Waals surface area contributed by atoms with Gasteiger partial charge in [0.05, 0.1) is 11.6 Å². The minimum atomic E-state index is -0.0947. The summed E-state index contributed by atoms with van der Waals surface area (Å²) in [5, 5.41) is 4.73. The summed E-state index contributed by atoms with van der Waals surface area (Å²) in [7, 11) is 0. The van der Waals surface area contributed by atoms with Crippen molar-refractivity contribution in [2.24, 2.45) is 0 Å². The second-order valence-electron chi connectivity index (χ2n) is 4.06. The summed E-state index contributed by atoms with van der Waals surface area (Å²) in [6.07, 6.45) is 2.53. The molecular formula is C12H11N3OS3. The minimum Gasteiger partial charge on any atom is -0.331 e.